The van der Waals surface area contributed by atoms with Crippen LogP contribution in [0.3, 0.4) is 0 Å². The van der Waals surface area contributed by atoms with E-state index in [1.54, 1.807) is 26.0 Å². The summed E-state index contributed by atoms with van der Waals surface area (Å²) in [5.41, 5.74) is 7.18. The predicted octanol–water partition coefficient (Wildman–Crippen LogP) is -0.212. The lowest BCUT2D eigenvalue weighted by Crippen LogP contribution is -2.59. The monoisotopic (exact) mass is 544 g/mol. The summed E-state index contributed by atoms with van der Waals surface area (Å²) in [6, 6.07) is 7.04. The minimum Gasteiger partial charge on any atom is -0.508 e. The largest absolute Gasteiger partial charge is 0.508 e. The smallest absolute Gasteiger partial charge is 0.326 e. The molecule has 2 rings (SSSR count). The molecule has 5 atom stereocenters. The molecule has 0 aliphatic rings. The summed E-state index contributed by atoms with van der Waals surface area (Å²) in [5, 5.41) is 45.5. The van der Waals surface area contributed by atoms with Crippen LogP contribution < -0.4 is 21.7 Å². The van der Waals surface area contributed by atoms with Crippen molar-refractivity contribution >= 4 is 23.7 Å². The van der Waals surface area contributed by atoms with E-state index in [4.69, 9.17) is 5.73 Å². The Morgan fingerprint density at radius 3 is 1.72 bits per heavy atom. The van der Waals surface area contributed by atoms with Crippen molar-refractivity contribution in [1.82, 2.24) is 16.0 Å². The van der Waals surface area contributed by atoms with Crippen LogP contribution in [0.2, 0.25) is 0 Å². The molecule has 3 amide bonds. The van der Waals surface area contributed by atoms with Crippen molar-refractivity contribution in [2.24, 2.45) is 11.7 Å². The van der Waals surface area contributed by atoms with Crippen molar-refractivity contribution in [3.8, 4) is 11.5 Å². The number of hydrogen-bond donors (Lipinski definition) is 8. The molecule has 5 unspecified atom stereocenters. The van der Waals surface area contributed by atoms with Crippen LogP contribution in [-0.2, 0) is 32.0 Å². The van der Waals surface area contributed by atoms with Crippen LogP contribution in [0.25, 0.3) is 0 Å². The number of benzene rings is 2. The normalized spacial score (nSPS) is 14.8. The first-order valence-electron chi connectivity index (χ1n) is 12.5. The molecule has 212 valence electrons. The third-order valence-corrected chi connectivity index (χ3v) is 6.33. The molecule has 0 aromatic heterocycles. The molecule has 2 aromatic rings. The molecular formula is C27H36N4O8. The molecule has 12 heteroatoms. The Labute approximate surface area is 226 Å². The number of aromatic hydroxyl groups is 2. The number of aliphatic hydroxyl groups excluding tert-OH is 1. The molecule has 2 aromatic carbocycles. The molecule has 0 bridgehead atoms. The fourth-order valence-corrected chi connectivity index (χ4v) is 3.74. The van der Waals surface area contributed by atoms with Crippen LogP contribution in [0.1, 0.15) is 31.4 Å². The number of amides is 3. The fourth-order valence-electron chi connectivity index (χ4n) is 3.74. The molecule has 0 radical (unpaired) electrons. The van der Waals surface area contributed by atoms with Gasteiger partial charge in [-0.05, 0) is 47.7 Å². The molecule has 0 heterocycles. The Morgan fingerprint density at radius 1 is 0.769 bits per heavy atom. The fraction of sp³-hybridized carbons (Fsp3) is 0.407. The lowest BCUT2D eigenvalue weighted by molar-refractivity contribution is -0.142. The number of carboxylic acid groups (broad SMARTS) is 1. The van der Waals surface area contributed by atoms with Gasteiger partial charge < -0.3 is 42.1 Å². The summed E-state index contributed by atoms with van der Waals surface area (Å²) < 4.78 is 0. The zero-order chi connectivity index (χ0) is 29.1. The van der Waals surface area contributed by atoms with Gasteiger partial charge in [0.2, 0.25) is 17.7 Å². The number of rotatable bonds is 14. The van der Waals surface area contributed by atoms with Gasteiger partial charge in [0, 0.05) is 6.42 Å². The number of aliphatic carboxylic acids is 1. The lowest BCUT2D eigenvalue weighted by Gasteiger charge is -2.27. The SMILES string of the molecule is CCC(C)C(NC(=O)C(CO)NC(=O)C(N)Cc1ccc(O)cc1)C(=O)NC(Cc1ccc(O)cc1)C(=O)O. The molecule has 12 nitrogen and oxygen atoms in total. The summed E-state index contributed by atoms with van der Waals surface area (Å²) in [6.07, 6.45) is 0.514. The van der Waals surface area contributed by atoms with Crippen molar-refractivity contribution < 1.29 is 39.6 Å². The summed E-state index contributed by atoms with van der Waals surface area (Å²) >= 11 is 0. The molecule has 0 saturated carbocycles. The van der Waals surface area contributed by atoms with Gasteiger partial charge in [-0.15, -0.1) is 0 Å². The summed E-state index contributed by atoms with van der Waals surface area (Å²) in [5.74, 6) is -3.91. The average molecular weight is 545 g/mol. The number of carbonyl (C=O) groups excluding carboxylic acids is 3. The Bertz CT molecular complexity index is 1120. The zero-order valence-corrected chi connectivity index (χ0v) is 21.8. The molecular weight excluding hydrogens is 508 g/mol. The van der Waals surface area contributed by atoms with E-state index in [1.165, 1.54) is 36.4 Å². The molecule has 39 heavy (non-hydrogen) atoms. The van der Waals surface area contributed by atoms with E-state index >= 15 is 0 Å². The highest BCUT2D eigenvalue weighted by Gasteiger charge is 2.32. The van der Waals surface area contributed by atoms with Crippen molar-refractivity contribution in [2.75, 3.05) is 6.61 Å². The van der Waals surface area contributed by atoms with Gasteiger partial charge in [-0.2, -0.15) is 0 Å². The average Bonchev–Trinajstić information content (AvgIpc) is 2.91. The van der Waals surface area contributed by atoms with E-state index < -0.39 is 60.4 Å². The Hall–Kier alpha value is -4.16. The topological polar surface area (TPSA) is 211 Å². The van der Waals surface area contributed by atoms with Crippen LogP contribution in [-0.4, -0.2) is 74.9 Å². The Morgan fingerprint density at radius 2 is 1.26 bits per heavy atom. The van der Waals surface area contributed by atoms with Crippen molar-refractivity contribution in [2.45, 2.75) is 57.3 Å². The van der Waals surface area contributed by atoms with E-state index in [1.807, 2.05) is 0 Å². The van der Waals surface area contributed by atoms with E-state index in [-0.39, 0.29) is 24.3 Å². The second kappa shape index (κ2) is 14.7. The first kappa shape index (κ1) is 31.1. The maximum Gasteiger partial charge on any atom is 0.326 e. The number of hydrogen-bond acceptors (Lipinski definition) is 8. The first-order chi connectivity index (χ1) is 18.4. The molecule has 0 aliphatic carbocycles. The van der Waals surface area contributed by atoms with Crippen LogP contribution >= 0.6 is 0 Å². The molecule has 9 N–H and O–H groups in total. The van der Waals surface area contributed by atoms with Gasteiger partial charge in [0.25, 0.3) is 0 Å². The molecule has 0 aliphatic heterocycles. The van der Waals surface area contributed by atoms with Gasteiger partial charge in [0.15, 0.2) is 0 Å². The summed E-state index contributed by atoms with van der Waals surface area (Å²) in [6.45, 7) is 2.72. The predicted molar refractivity (Wildman–Crippen MR) is 142 cm³/mol. The summed E-state index contributed by atoms with van der Waals surface area (Å²) in [4.78, 5) is 50.4. The Kier molecular flexibility index (Phi) is 11.7. The van der Waals surface area contributed by atoms with E-state index in [2.05, 4.69) is 16.0 Å². The standard InChI is InChI=1S/C27H36N4O8/c1-3-15(2)23(26(37)29-21(27(38)39)13-17-6-10-19(34)11-7-17)31-25(36)22(14-32)30-24(35)20(28)12-16-4-8-18(33)9-5-16/h4-11,15,20-23,32-34H,3,12-14,28H2,1-2H3,(H,29,37)(H,30,35)(H,31,36)(H,38,39). The summed E-state index contributed by atoms with van der Waals surface area (Å²) in [7, 11) is 0. The van der Waals surface area contributed by atoms with Gasteiger partial charge >= 0.3 is 5.97 Å². The van der Waals surface area contributed by atoms with Gasteiger partial charge in [0.1, 0.15) is 29.6 Å². The maximum atomic E-state index is 13.1. The second-order valence-corrected chi connectivity index (χ2v) is 9.36. The minimum absolute atomic E-state index is 0.0149. The first-order valence-corrected chi connectivity index (χ1v) is 12.5. The molecule has 0 fully saturated rings. The highest BCUT2D eigenvalue weighted by atomic mass is 16.4. The third kappa shape index (κ3) is 9.58. The van der Waals surface area contributed by atoms with E-state index in [0.29, 0.717) is 17.5 Å². The molecule has 0 spiro atoms. The number of phenols is 2. The number of phenolic OH excluding ortho intramolecular Hbond substituents is 2. The van der Waals surface area contributed by atoms with E-state index in [0.717, 1.165) is 0 Å². The van der Waals surface area contributed by atoms with Crippen LogP contribution in [0.4, 0.5) is 0 Å². The molecule has 0 saturated heterocycles. The Balaban J connectivity index is 2.06. The number of nitrogens with two attached hydrogens (primary N) is 1. The van der Waals surface area contributed by atoms with Crippen LogP contribution in [0.5, 0.6) is 11.5 Å². The van der Waals surface area contributed by atoms with Gasteiger partial charge in [0.05, 0.1) is 12.6 Å². The lowest BCUT2D eigenvalue weighted by atomic mass is 9.97. The number of carboxylic acids is 1. The van der Waals surface area contributed by atoms with Crippen molar-refractivity contribution in [3.05, 3.63) is 59.7 Å². The highest BCUT2D eigenvalue weighted by molar-refractivity contribution is 5.94. The van der Waals surface area contributed by atoms with Crippen LogP contribution in [0.15, 0.2) is 48.5 Å². The third-order valence-electron chi connectivity index (χ3n) is 6.33. The quantitative estimate of drug-likeness (QED) is 0.158. The van der Waals surface area contributed by atoms with Gasteiger partial charge in [-0.3, -0.25) is 14.4 Å². The van der Waals surface area contributed by atoms with Gasteiger partial charge in [-0.25, -0.2) is 4.79 Å². The minimum atomic E-state index is -1.41. The van der Waals surface area contributed by atoms with Crippen molar-refractivity contribution in [3.63, 3.8) is 0 Å². The highest BCUT2D eigenvalue weighted by Crippen LogP contribution is 2.14. The van der Waals surface area contributed by atoms with Gasteiger partial charge in [-0.1, -0.05) is 44.5 Å². The maximum absolute atomic E-state index is 13.1. The number of carbonyl (C=O) groups is 4. The van der Waals surface area contributed by atoms with Crippen molar-refractivity contribution in [1.29, 1.82) is 0 Å². The van der Waals surface area contributed by atoms with Crippen LogP contribution in [0, 0.1) is 5.92 Å². The van der Waals surface area contributed by atoms with E-state index in [9.17, 15) is 39.6 Å². The number of aliphatic hydroxyl groups is 1. The second-order valence-electron chi connectivity index (χ2n) is 9.36. The number of nitrogens with one attached hydrogen (secondary N) is 3. The zero-order valence-electron chi connectivity index (χ0n) is 21.8.